The molecule has 0 atom stereocenters. The van der Waals surface area contributed by atoms with Crippen LogP contribution in [0.1, 0.15) is 44.6 Å². The van der Waals surface area contributed by atoms with Crippen LogP contribution in [-0.4, -0.2) is 25.0 Å². The van der Waals surface area contributed by atoms with Crippen molar-refractivity contribution in [2.75, 3.05) is 13.1 Å². The molecule has 2 rings (SSSR count). The molecule has 1 fully saturated rings. The highest BCUT2D eigenvalue weighted by Crippen LogP contribution is 2.36. The Morgan fingerprint density at radius 1 is 1.25 bits per heavy atom. The lowest BCUT2D eigenvalue weighted by Gasteiger charge is -2.36. The first-order valence-electron chi connectivity index (χ1n) is 7.70. The van der Waals surface area contributed by atoms with Gasteiger partial charge in [0.1, 0.15) is 0 Å². The molecular formula is C17H26N2O. The van der Waals surface area contributed by atoms with E-state index in [2.05, 4.69) is 54.8 Å². The van der Waals surface area contributed by atoms with Crippen molar-refractivity contribution >= 4 is 5.91 Å². The maximum absolute atomic E-state index is 11.6. The van der Waals surface area contributed by atoms with Gasteiger partial charge in [-0.15, -0.1) is 0 Å². The first-order valence-corrected chi connectivity index (χ1v) is 7.70. The molecule has 0 aliphatic heterocycles. The van der Waals surface area contributed by atoms with E-state index in [1.165, 1.54) is 18.4 Å². The average molecular weight is 274 g/mol. The van der Waals surface area contributed by atoms with Crippen LogP contribution in [0.25, 0.3) is 0 Å². The topological polar surface area (TPSA) is 41.1 Å². The van der Waals surface area contributed by atoms with E-state index in [0.29, 0.717) is 24.3 Å². The molecule has 0 heterocycles. The summed E-state index contributed by atoms with van der Waals surface area (Å²) in [5.41, 5.74) is 1.44. The van der Waals surface area contributed by atoms with Crippen LogP contribution in [0.15, 0.2) is 30.3 Å². The van der Waals surface area contributed by atoms with Crippen molar-refractivity contribution in [3.8, 4) is 0 Å². The van der Waals surface area contributed by atoms with Gasteiger partial charge in [0.25, 0.3) is 0 Å². The van der Waals surface area contributed by atoms with Crippen molar-refractivity contribution in [2.45, 2.75) is 45.1 Å². The summed E-state index contributed by atoms with van der Waals surface area (Å²) in [6, 6.07) is 11.3. The summed E-state index contributed by atoms with van der Waals surface area (Å²) < 4.78 is 0. The van der Waals surface area contributed by atoms with Gasteiger partial charge in [0, 0.05) is 25.6 Å². The van der Waals surface area contributed by atoms with Gasteiger partial charge < -0.3 is 10.6 Å². The lowest BCUT2D eigenvalue weighted by atomic mass is 9.76. The molecular weight excluding hydrogens is 248 g/mol. The standard InChI is InChI=1S/C17H26N2O/c1-13(2)12-19-17(20)8-9-18-16-10-15(11-16)14-6-4-3-5-7-14/h3-7,13,15-16,18H,8-12H2,1-2H3,(H,19,20). The molecule has 1 amide bonds. The summed E-state index contributed by atoms with van der Waals surface area (Å²) in [6.07, 6.45) is 2.97. The van der Waals surface area contributed by atoms with Crippen LogP contribution in [0, 0.1) is 5.92 Å². The highest BCUT2D eigenvalue weighted by Gasteiger charge is 2.29. The van der Waals surface area contributed by atoms with Crippen molar-refractivity contribution in [3.63, 3.8) is 0 Å². The second-order valence-corrected chi connectivity index (χ2v) is 6.18. The Balaban J connectivity index is 1.56. The summed E-state index contributed by atoms with van der Waals surface area (Å²) in [6.45, 7) is 5.78. The third-order valence-electron chi connectivity index (χ3n) is 3.90. The number of benzene rings is 1. The van der Waals surface area contributed by atoms with Crippen molar-refractivity contribution in [3.05, 3.63) is 35.9 Å². The number of rotatable bonds is 7. The molecule has 1 aromatic carbocycles. The largest absolute Gasteiger partial charge is 0.356 e. The number of hydrogen-bond donors (Lipinski definition) is 2. The van der Waals surface area contributed by atoms with Crippen LogP contribution in [0.4, 0.5) is 0 Å². The summed E-state index contributed by atoms with van der Waals surface area (Å²) in [7, 11) is 0. The van der Waals surface area contributed by atoms with Crippen LogP contribution in [0.3, 0.4) is 0 Å². The van der Waals surface area contributed by atoms with Gasteiger partial charge in [-0.05, 0) is 30.2 Å². The average Bonchev–Trinajstić information content (AvgIpc) is 2.40. The van der Waals surface area contributed by atoms with Gasteiger partial charge in [0.05, 0.1) is 0 Å². The molecule has 3 nitrogen and oxygen atoms in total. The molecule has 1 aromatic rings. The van der Waals surface area contributed by atoms with Crippen LogP contribution < -0.4 is 10.6 Å². The molecule has 0 radical (unpaired) electrons. The third kappa shape index (κ3) is 4.64. The zero-order valence-electron chi connectivity index (χ0n) is 12.6. The SMILES string of the molecule is CC(C)CNC(=O)CCNC1CC(c2ccccc2)C1. The van der Waals surface area contributed by atoms with Gasteiger partial charge in [0.2, 0.25) is 5.91 Å². The Labute approximate surface area is 122 Å². The van der Waals surface area contributed by atoms with Crippen LogP contribution in [0.2, 0.25) is 0 Å². The molecule has 1 aliphatic carbocycles. The predicted octanol–water partition coefficient (Wildman–Crippen LogP) is 2.68. The molecule has 110 valence electrons. The van der Waals surface area contributed by atoms with Crippen molar-refractivity contribution in [2.24, 2.45) is 5.92 Å². The summed E-state index contributed by atoms with van der Waals surface area (Å²) >= 11 is 0. The number of amides is 1. The van der Waals surface area contributed by atoms with Crippen LogP contribution >= 0.6 is 0 Å². The van der Waals surface area contributed by atoms with Gasteiger partial charge in [-0.3, -0.25) is 4.79 Å². The second-order valence-electron chi connectivity index (χ2n) is 6.18. The van der Waals surface area contributed by atoms with E-state index in [9.17, 15) is 4.79 Å². The number of hydrogen-bond acceptors (Lipinski definition) is 2. The molecule has 0 unspecified atom stereocenters. The maximum Gasteiger partial charge on any atom is 0.221 e. The minimum absolute atomic E-state index is 0.158. The fourth-order valence-electron chi connectivity index (χ4n) is 2.58. The smallest absolute Gasteiger partial charge is 0.221 e. The summed E-state index contributed by atoms with van der Waals surface area (Å²) in [5, 5.41) is 6.42. The van der Waals surface area contributed by atoms with Gasteiger partial charge in [-0.2, -0.15) is 0 Å². The zero-order valence-corrected chi connectivity index (χ0v) is 12.6. The molecule has 0 spiro atoms. The quantitative estimate of drug-likeness (QED) is 0.802. The summed E-state index contributed by atoms with van der Waals surface area (Å²) in [4.78, 5) is 11.6. The van der Waals surface area contributed by atoms with Crippen LogP contribution in [0.5, 0.6) is 0 Å². The maximum atomic E-state index is 11.6. The Bertz CT molecular complexity index is 410. The van der Waals surface area contributed by atoms with E-state index in [4.69, 9.17) is 0 Å². The second kappa shape index (κ2) is 7.44. The van der Waals surface area contributed by atoms with Gasteiger partial charge >= 0.3 is 0 Å². The molecule has 1 aliphatic rings. The zero-order chi connectivity index (χ0) is 14.4. The monoisotopic (exact) mass is 274 g/mol. The Kier molecular flexibility index (Phi) is 5.60. The van der Waals surface area contributed by atoms with E-state index < -0.39 is 0 Å². The van der Waals surface area contributed by atoms with E-state index in [1.807, 2.05) is 0 Å². The first-order chi connectivity index (χ1) is 9.65. The van der Waals surface area contributed by atoms with E-state index in [-0.39, 0.29) is 5.91 Å². The van der Waals surface area contributed by atoms with E-state index in [1.54, 1.807) is 0 Å². The van der Waals surface area contributed by atoms with Gasteiger partial charge in [0.15, 0.2) is 0 Å². The normalized spacial score (nSPS) is 21.6. The lowest BCUT2D eigenvalue weighted by molar-refractivity contribution is -0.121. The van der Waals surface area contributed by atoms with Gasteiger partial charge in [-0.25, -0.2) is 0 Å². The van der Waals surface area contributed by atoms with E-state index >= 15 is 0 Å². The highest BCUT2D eigenvalue weighted by molar-refractivity contribution is 5.76. The summed E-state index contributed by atoms with van der Waals surface area (Å²) in [5.74, 6) is 1.37. The van der Waals surface area contributed by atoms with Gasteiger partial charge in [-0.1, -0.05) is 44.2 Å². The minimum atomic E-state index is 0.158. The Hall–Kier alpha value is -1.35. The first kappa shape index (κ1) is 15.0. The number of carbonyl (C=O) groups excluding carboxylic acids is 1. The molecule has 20 heavy (non-hydrogen) atoms. The minimum Gasteiger partial charge on any atom is -0.356 e. The lowest BCUT2D eigenvalue weighted by Crippen LogP contribution is -2.41. The van der Waals surface area contributed by atoms with Crippen molar-refractivity contribution in [1.29, 1.82) is 0 Å². The Morgan fingerprint density at radius 3 is 2.60 bits per heavy atom. The van der Waals surface area contributed by atoms with Crippen molar-refractivity contribution in [1.82, 2.24) is 10.6 Å². The molecule has 0 aromatic heterocycles. The fourth-order valence-corrected chi connectivity index (χ4v) is 2.58. The highest BCUT2D eigenvalue weighted by atomic mass is 16.1. The van der Waals surface area contributed by atoms with Crippen LogP contribution in [-0.2, 0) is 4.79 Å². The Morgan fingerprint density at radius 2 is 1.95 bits per heavy atom. The molecule has 3 heteroatoms. The third-order valence-corrected chi connectivity index (χ3v) is 3.90. The molecule has 0 saturated heterocycles. The fraction of sp³-hybridized carbons (Fsp3) is 0.588. The molecule has 1 saturated carbocycles. The number of carbonyl (C=O) groups is 1. The molecule has 0 bridgehead atoms. The number of nitrogens with one attached hydrogen (secondary N) is 2. The predicted molar refractivity (Wildman–Crippen MR) is 82.7 cm³/mol. The molecule has 2 N–H and O–H groups in total. The van der Waals surface area contributed by atoms with E-state index in [0.717, 1.165) is 13.1 Å². The van der Waals surface area contributed by atoms with Crippen molar-refractivity contribution < 1.29 is 4.79 Å².